The van der Waals surface area contributed by atoms with Crippen LogP contribution < -0.4 is 0 Å². The van der Waals surface area contributed by atoms with E-state index >= 15 is 0 Å². The molecule has 0 N–H and O–H groups in total. The second-order valence-electron chi connectivity index (χ2n) is 5.64. The summed E-state index contributed by atoms with van der Waals surface area (Å²) in [7, 11) is 0. The molecule has 1 aliphatic rings. The second-order valence-corrected chi connectivity index (χ2v) is 5.64. The van der Waals surface area contributed by atoms with Crippen molar-refractivity contribution >= 4 is 11.8 Å². The maximum Gasteiger partial charge on any atom is 0.258 e. The summed E-state index contributed by atoms with van der Waals surface area (Å²) in [4.78, 5) is 25.6. The fourth-order valence-electron chi connectivity index (χ4n) is 3.34. The average molecular weight is 312 g/mol. The van der Waals surface area contributed by atoms with Crippen molar-refractivity contribution < 1.29 is 9.59 Å². The summed E-state index contributed by atoms with van der Waals surface area (Å²) < 4.78 is 0. The number of amides is 2. The Morgan fingerprint density at radius 3 is 2.04 bits per heavy atom. The Bertz CT molecular complexity index is 675. The number of carbonyl (C=O) groups is 2. The van der Waals surface area contributed by atoms with Crippen LogP contribution in [0.25, 0.3) is 0 Å². The molecule has 23 heavy (non-hydrogen) atoms. The van der Waals surface area contributed by atoms with E-state index in [1.807, 2.05) is 39.8 Å². The maximum absolute atomic E-state index is 12.8. The van der Waals surface area contributed by atoms with Crippen LogP contribution in [-0.2, 0) is 16.0 Å². The quantitative estimate of drug-likeness (QED) is 0.633. The van der Waals surface area contributed by atoms with Gasteiger partial charge >= 0.3 is 0 Å². The molecule has 0 bridgehead atoms. The highest BCUT2D eigenvalue weighted by molar-refractivity contribution is 6.10. The van der Waals surface area contributed by atoms with Gasteiger partial charge in [-0.2, -0.15) is 0 Å². The Morgan fingerprint density at radius 2 is 1.61 bits per heavy atom. The van der Waals surface area contributed by atoms with Crippen molar-refractivity contribution in [1.29, 1.82) is 0 Å². The molecule has 1 heterocycles. The number of carbonyl (C=O) groups excluding carboxylic acids is 2. The highest BCUT2D eigenvalue weighted by atomic mass is 16.2. The SMILES string of the molecule is CC#Cc1cc(C)c(C2C(=O)N(CC)N(CC)C2=O)c(CC)c1. The van der Waals surface area contributed by atoms with Crippen molar-refractivity contribution in [3.63, 3.8) is 0 Å². The number of hydrazine groups is 1. The van der Waals surface area contributed by atoms with Crippen molar-refractivity contribution in [1.82, 2.24) is 10.0 Å². The number of hydrogen-bond donors (Lipinski definition) is 0. The largest absolute Gasteiger partial charge is 0.272 e. The van der Waals surface area contributed by atoms with E-state index in [1.165, 1.54) is 0 Å². The van der Waals surface area contributed by atoms with Gasteiger partial charge in [0.1, 0.15) is 5.92 Å². The third kappa shape index (κ3) is 2.84. The minimum absolute atomic E-state index is 0.119. The molecule has 0 atom stereocenters. The highest BCUT2D eigenvalue weighted by Gasteiger charge is 2.46. The molecule has 1 aromatic carbocycles. The molecule has 0 spiro atoms. The molecule has 4 nitrogen and oxygen atoms in total. The molecule has 1 aliphatic heterocycles. The summed E-state index contributed by atoms with van der Waals surface area (Å²) >= 11 is 0. The van der Waals surface area contributed by atoms with E-state index in [2.05, 4.69) is 11.8 Å². The van der Waals surface area contributed by atoms with Gasteiger partial charge in [0.2, 0.25) is 0 Å². The van der Waals surface area contributed by atoms with Gasteiger partial charge in [-0.1, -0.05) is 12.8 Å². The standard InChI is InChI=1S/C19H24N2O2/c1-6-10-14-11-13(5)16(15(7-2)12-14)17-18(22)20(8-3)21(9-4)19(17)23/h11-12,17H,7-9H2,1-5H3. The van der Waals surface area contributed by atoms with E-state index in [-0.39, 0.29) is 11.8 Å². The molecule has 0 radical (unpaired) electrons. The topological polar surface area (TPSA) is 40.6 Å². The van der Waals surface area contributed by atoms with E-state index in [0.717, 1.165) is 28.7 Å². The van der Waals surface area contributed by atoms with Gasteiger partial charge in [-0.25, -0.2) is 0 Å². The second kappa shape index (κ2) is 6.87. The van der Waals surface area contributed by atoms with E-state index in [0.29, 0.717) is 13.1 Å². The fourth-order valence-corrected chi connectivity index (χ4v) is 3.34. The Kier molecular flexibility index (Phi) is 5.10. The Morgan fingerprint density at radius 1 is 1.04 bits per heavy atom. The van der Waals surface area contributed by atoms with Gasteiger partial charge in [-0.3, -0.25) is 19.6 Å². The van der Waals surface area contributed by atoms with Crippen molar-refractivity contribution in [3.05, 3.63) is 34.4 Å². The van der Waals surface area contributed by atoms with Crippen molar-refractivity contribution in [2.75, 3.05) is 13.1 Å². The van der Waals surface area contributed by atoms with Crippen LogP contribution in [0.1, 0.15) is 55.9 Å². The summed E-state index contributed by atoms with van der Waals surface area (Å²) in [6, 6.07) is 3.97. The number of likely N-dealkylation sites (N-methyl/N-ethyl adjacent to an activating group) is 2. The van der Waals surface area contributed by atoms with Crippen molar-refractivity contribution in [2.45, 2.75) is 47.0 Å². The molecule has 0 aliphatic carbocycles. The monoisotopic (exact) mass is 312 g/mol. The summed E-state index contributed by atoms with van der Waals surface area (Å²) in [6.07, 6.45) is 0.769. The van der Waals surface area contributed by atoms with Gasteiger partial charge in [0.25, 0.3) is 11.8 Å². The lowest BCUT2D eigenvalue weighted by Gasteiger charge is -2.24. The van der Waals surface area contributed by atoms with Crippen LogP contribution in [-0.4, -0.2) is 34.9 Å². The molecule has 2 amide bonds. The summed E-state index contributed by atoms with van der Waals surface area (Å²) in [6.45, 7) is 10.6. The van der Waals surface area contributed by atoms with Gasteiger partial charge in [0.15, 0.2) is 0 Å². The van der Waals surface area contributed by atoms with Gasteiger partial charge in [-0.05, 0) is 62.9 Å². The smallest absolute Gasteiger partial charge is 0.258 e. The summed E-state index contributed by atoms with van der Waals surface area (Å²) in [5.41, 5.74) is 3.79. The van der Waals surface area contributed by atoms with Gasteiger partial charge in [0.05, 0.1) is 0 Å². The van der Waals surface area contributed by atoms with Crippen LogP contribution in [0.3, 0.4) is 0 Å². The zero-order valence-corrected chi connectivity index (χ0v) is 14.6. The predicted molar refractivity (Wildman–Crippen MR) is 90.6 cm³/mol. The first-order valence-electron chi connectivity index (χ1n) is 8.18. The van der Waals surface area contributed by atoms with Crippen LogP contribution >= 0.6 is 0 Å². The van der Waals surface area contributed by atoms with Crippen molar-refractivity contribution in [3.8, 4) is 11.8 Å². The lowest BCUT2D eigenvalue weighted by atomic mass is 9.87. The normalized spacial score (nSPS) is 15.2. The third-order valence-electron chi connectivity index (χ3n) is 4.30. The van der Waals surface area contributed by atoms with Crippen LogP contribution in [0, 0.1) is 18.8 Å². The third-order valence-corrected chi connectivity index (χ3v) is 4.30. The predicted octanol–water partition coefficient (Wildman–Crippen LogP) is 2.64. The molecule has 1 aromatic rings. The number of aryl methyl sites for hydroxylation is 2. The number of rotatable bonds is 4. The number of nitrogens with zero attached hydrogens (tertiary/aromatic N) is 2. The van der Waals surface area contributed by atoms with Gasteiger partial charge < -0.3 is 0 Å². The minimum Gasteiger partial charge on any atom is -0.272 e. The first kappa shape index (κ1) is 17.1. The van der Waals surface area contributed by atoms with Crippen molar-refractivity contribution in [2.24, 2.45) is 0 Å². The lowest BCUT2D eigenvalue weighted by Crippen LogP contribution is -2.40. The molecular weight excluding hydrogens is 288 g/mol. The van der Waals surface area contributed by atoms with E-state index in [4.69, 9.17) is 0 Å². The first-order chi connectivity index (χ1) is 11.0. The number of hydrogen-bond acceptors (Lipinski definition) is 2. The van der Waals surface area contributed by atoms with E-state index < -0.39 is 5.92 Å². The Balaban J connectivity index is 2.59. The van der Waals surface area contributed by atoms with E-state index in [9.17, 15) is 9.59 Å². The van der Waals surface area contributed by atoms with Crippen LogP contribution in [0.4, 0.5) is 0 Å². The summed E-state index contributed by atoms with van der Waals surface area (Å²) in [5.74, 6) is 5.01. The van der Waals surface area contributed by atoms with Gasteiger partial charge in [0, 0.05) is 18.7 Å². The molecule has 0 aromatic heterocycles. The van der Waals surface area contributed by atoms with Crippen LogP contribution in [0.15, 0.2) is 12.1 Å². The molecule has 1 fully saturated rings. The Labute approximate surface area is 138 Å². The average Bonchev–Trinajstić information content (AvgIpc) is 2.77. The van der Waals surface area contributed by atoms with E-state index in [1.54, 1.807) is 16.9 Å². The van der Waals surface area contributed by atoms with Gasteiger partial charge in [-0.15, -0.1) is 5.92 Å². The highest BCUT2D eigenvalue weighted by Crippen LogP contribution is 2.34. The minimum atomic E-state index is -0.714. The zero-order chi connectivity index (χ0) is 17.1. The molecule has 2 rings (SSSR count). The molecular formula is C19H24N2O2. The molecule has 1 saturated heterocycles. The van der Waals surface area contributed by atoms with Crippen LogP contribution in [0.2, 0.25) is 0 Å². The molecule has 0 unspecified atom stereocenters. The maximum atomic E-state index is 12.8. The molecule has 4 heteroatoms. The van der Waals surface area contributed by atoms with Crippen LogP contribution in [0.5, 0.6) is 0 Å². The lowest BCUT2D eigenvalue weighted by molar-refractivity contribution is -0.145. The zero-order valence-electron chi connectivity index (χ0n) is 14.6. The number of benzene rings is 1. The molecule has 0 saturated carbocycles. The molecule has 122 valence electrons. The fraction of sp³-hybridized carbons (Fsp3) is 0.474. The first-order valence-corrected chi connectivity index (χ1v) is 8.18. The summed E-state index contributed by atoms with van der Waals surface area (Å²) in [5, 5.41) is 3.12. The Hall–Kier alpha value is -2.28.